The van der Waals surface area contributed by atoms with Crippen molar-refractivity contribution in [1.82, 2.24) is 19.6 Å². The minimum absolute atomic E-state index is 0.0643. The summed E-state index contributed by atoms with van der Waals surface area (Å²) in [5.41, 5.74) is 0.434. The van der Waals surface area contributed by atoms with E-state index in [1.54, 1.807) is 24.3 Å². The van der Waals surface area contributed by atoms with Gasteiger partial charge in [0.05, 0.1) is 81.9 Å². The highest BCUT2D eigenvalue weighted by molar-refractivity contribution is 7.86. The van der Waals surface area contributed by atoms with Crippen LogP contribution >= 0.6 is 0 Å². The highest BCUT2D eigenvalue weighted by Crippen LogP contribution is 2.36. The quantitative estimate of drug-likeness (QED) is 0.0836. The lowest BCUT2D eigenvalue weighted by Crippen LogP contribution is -2.34. The van der Waals surface area contributed by atoms with Crippen LogP contribution in [0.4, 0.5) is 0 Å². The van der Waals surface area contributed by atoms with E-state index >= 15 is 0 Å². The summed E-state index contributed by atoms with van der Waals surface area (Å²) in [6.45, 7) is 8.00. The molecule has 0 amide bonds. The molecule has 0 aliphatic carbocycles. The molecule has 0 saturated heterocycles. The summed E-state index contributed by atoms with van der Waals surface area (Å²) >= 11 is 0. The summed E-state index contributed by atoms with van der Waals surface area (Å²) in [4.78, 5) is 26.2. The second-order valence-electron chi connectivity index (χ2n) is 12.7. The summed E-state index contributed by atoms with van der Waals surface area (Å²) in [7, 11) is -3.08. The predicted octanol–water partition coefficient (Wildman–Crippen LogP) is 1.11. The van der Waals surface area contributed by atoms with Crippen LogP contribution in [0.2, 0.25) is 0 Å². The minimum Gasteiger partial charge on any atom is -0.496 e. The first-order chi connectivity index (χ1) is 28.5. The number of aromatic nitrogens is 4. The molecule has 0 atom stereocenters. The van der Waals surface area contributed by atoms with Crippen molar-refractivity contribution in [2.45, 2.75) is 9.79 Å². The molecular weight excluding hydrogens is 825 g/mol. The molecule has 0 spiro atoms. The first kappa shape index (κ1) is 42.6. The molecule has 6 aromatic rings. The van der Waals surface area contributed by atoms with Crippen molar-refractivity contribution in [2.75, 3.05) is 41.7 Å². The molecule has 0 radical (unpaired) electrons. The Morgan fingerprint density at radius 2 is 0.867 bits per heavy atom. The number of benzene rings is 4. The van der Waals surface area contributed by atoms with Crippen LogP contribution in [-0.4, -0.2) is 87.2 Å². The fourth-order valence-electron chi connectivity index (χ4n) is 6.08. The van der Waals surface area contributed by atoms with Crippen molar-refractivity contribution in [3.63, 3.8) is 0 Å². The lowest BCUT2D eigenvalue weighted by molar-refractivity contribution is 0.215. The van der Waals surface area contributed by atoms with Crippen LogP contribution in [-0.2, 0) is 20.2 Å². The molecule has 18 nitrogen and oxygen atoms in total. The topological polar surface area (TPSA) is 240 Å². The van der Waals surface area contributed by atoms with E-state index in [2.05, 4.69) is 23.4 Å². The van der Waals surface area contributed by atoms with Crippen molar-refractivity contribution < 1.29 is 54.4 Å². The van der Waals surface area contributed by atoms with Gasteiger partial charge in [-0.15, -0.1) is 0 Å². The minimum atomic E-state index is -4.42. The molecule has 314 valence electrons. The zero-order valence-corrected chi connectivity index (χ0v) is 34.0. The zero-order chi connectivity index (χ0) is 43.5. The van der Waals surface area contributed by atoms with Crippen LogP contribution in [0.15, 0.2) is 92.2 Å². The molecule has 4 N–H and O–H groups in total. The summed E-state index contributed by atoms with van der Waals surface area (Å²) < 4.78 is 101. The van der Waals surface area contributed by atoms with Crippen molar-refractivity contribution in [2.24, 2.45) is 0 Å². The Kier molecular flexibility index (Phi) is 12.1. The molecule has 0 fully saturated rings. The van der Waals surface area contributed by atoms with Gasteiger partial charge in [0, 0.05) is 24.3 Å². The Morgan fingerprint density at radius 3 is 1.13 bits per heavy atom. The Hall–Kier alpha value is -7.00. The molecule has 0 aliphatic heterocycles. The van der Waals surface area contributed by atoms with Gasteiger partial charge in [-0.2, -0.15) is 16.8 Å². The molecule has 20 heteroatoms. The monoisotopic (exact) mass is 862 g/mol. The van der Waals surface area contributed by atoms with Crippen LogP contribution in [0.25, 0.3) is 36.7 Å². The van der Waals surface area contributed by atoms with Crippen LogP contribution in [0.3, 0.4) is 0 Å². The van der Waals surface area contributed by atoms with Gasteiger partial charge in [0.2, 0.25) is 0 Å². The first-order valence-electron chi connectivity index (χ1n) is 17.4. The van der Waals surface area contributed by atoms with E-state index in [4.69, 9.17) is 28.4 Å². The number of methoxy groups -OCH3 is 4. The third-order valence-electron chi connectivity index (χ3n) is 9.03. The first-order valence-corrected chi connectivity index (χ1v) is 20.3. The standard InChI is InChI=1S/C40H38N4O14S2/c1-23-31(39(45)43(41-23)25-7-11-29(12-8-25)59(47,48)49)21-33-35(53-3)17-27(18-36(33)54-4)57-15-16-58-28-19-37(55-5)34(38(20-28)56-6)22-32-24(2)42-44(40(32)46)26-9-13-30(14-10-26)60(50,51)52/h7-14,17-22,41-42H,1-2,15-16H2,3-6H3,(H,47,48,49)(H,50,51,52). The Labute approximate surface area is 341 Å². The summed E-state index contributed by atoms with van der Waals surface area (Å²) in [6, 6.07) is 16.5. The number of H-pyrrole nitrogens is 2. The van der Waals surface area contributed by atoms with Crippen molar-refractivity contribution in [1.29, 1.82) is 0 Å². The summed E-state index contributed by atoms with van der Waals surface area (Å²) in [5.74, 6) is 1.96. The van der Waals surface area contributed by atoms with Gasteiger partial charge in [-0.1, -0.05) is 13.2 Å². The van der Waals surface area contributed by atoms with Gasteiger partial charge in [0.15, 0.2) is 0 Å². The van der Waals surface area contributed by atoms with E-state index in [9.17, 15) is 35.5 Å². The third kappa shape index (κ3) is 8.85. The maximum atomic E-state index is 13.4. The number of ether oxygens (including phenoxy) is 6. The SMILES string of the molecule is C=c1[nH]n(-c2ccc(S(=O)(=O)O)cc2)c(=O)c1=Cc1c(OC)cc(OCCOc2cc(OC)c(C=c3c(=C)[nH]n(-c4ccc(S(=O)(=O)O)cc4)c3=O)c(OC)c2)cc1OC. The normalized spacial score (nSPS) is 12.4. The van der Waals surface area contributed by atoms with Crippen molar-refractivity contribution in [3.8, 4) is 45.9 Å². The average Bonchev–Trinajstić information content (AvgIpc) is 3.67. The molecule has 60 heavy (non-hydrogen) atoms. The van der Waals surface area contributed by atoms with Crippen molar-refractivity contribution in [3.05, 3.63) is 126 Å². The van der Waals surface area contributed by atoms with Gasteiger partial charge in [-0.25, -0.2) is 9.36 Å². The molecule has 4 aromatic carbocycles. The van der Waals surface area contributed by atoms with E-state index in [0.717, 1.165) is 24.3 Å². The second-order valence-corrected chi connectivity index (χ2v) is 15.5. The lowest BCUT2D eigenvalue weighted by Gasteiger charge is -2.15. The highest BCUT2D eigenvalue weighted by atomic mass is 32.2. The molecule has 0 unspecified atom stereocenters. The number of nitrogens with zero attached hydrogens (tertiary/aromatic N) is 2. The summed E-state index contributed by atoms with van der Waals surface area (Å²) in [5, 5.41) is 6.57. The predicted molar refractivity (Wildman–Crippen MR) is 219 cm³/mol. The smallest absolute Gasteiger partial charge is 0.294 e. The van der Waals surface area contributed by atoms with Gasteiger partial charge in [-0.05, 0) is 60.7 Å². The van der Waals surface area contributed by atoms with Crippen LogP contribution in [0.1, 0.15) is 11.1 Å². The lowest BCUT2D eigenvalue weighted by atomic mass is 10.1. The van der Waals surface area contributed by atoms with E-state index < -0.39 is 31.4 Å². The van der Waals surface area contributed by atoms with Crippen LogP contribution in [0.5, 0.6) is 34.5 Å². The number of aromatic amines is 2. The van der Waals surface area contributed by atoms with Gasteiger partial charge in [0.25, 0.3) is 31.4 Å². The second kappa shape index (κ2) is 17.1. The number of hydrogen-bond donors (Lipinski definition) is 4. The maximum absolute atomic E-state index is 13.4. The Bertz CT molecular complexity index is 2910. The van der Waals surface area contributed by atoms with Crippen LogP contribution < -0.4 is 60.7 Å². The van der Waals surface area contributed by atoms with Gasteiger partial charge in [-0.3, -0.25) is 28.9 Å². The number of nitrogens with one attached hydrogen (secondary N) is 2. The fourth-order valence-corrected chi connectivity index (χ4v) is 7.04. The average molecular weight is 863 g/mol. The molecule has 0 saturated carbocycles. The van der Waals surface area contributed by atoms with Gasteiger partial charge < -0.3 is 28.4 Å². The van der Waals surface area contributed by atoms with E-state index in [-0.39, 0.29) is 44.1 Å². The molecule has 2 heterocycles. The van der Waals surface area contributed by atoms with Gasteiger partial charge >= 0.3 is 0 Å². The van der Waals surface area contributed by atoms with Gasteiger partial charge in [0.1, 0.15) is 47.7 Å². The largest absolute Gasteiger partial charge is 0.496 e. The Balaban J connectivity index is 1.20. The zero-order valence-electron chi connectivity index (χ0n) is 32.4. The Morgan fingerprint density at radius 1 is 0.567 bits per heavy atom. The van der Waals surface area contributed by atoms with E-state index in [1.807, 2.05) is 0 Å². The highest BCUT2D eigenvalue weighted by Gasteiger charge is 2.17. The molecule has 0 bridgehead atoms. The van der Waals surface area contributed by atoms with E-state index in [1.165, 1.54) is 74.2 Å². The molecule has 2 aromatic heterocycles. The molecular formula is C40H38N4O14S2. The maximum Gasteiger partial charge on any atom is 0.294 e. The number of rotatable bonds is 15. The molecule has 6 rings (SSSR count). The number of hydrogen-bond acceptors (Lipinski definition) is 12. The summed E-state index contributed by atoms with van der Waals surface area (Å²) in [6.07, 6.45) is 3.07. The van der Waals surface area contributed by atoms with Crippen LogP contribution in [0, 0.1) is 0 Å². The third-order valence-corrected chi connectivity index (χ3v) is 10.8. The van der Waals surface area contributed by atoms with Crippen molar-refractivity contribution >= 4 is 45.5 Å². The van der Waals surface area contributed by atoms with E-state index in [0.29, 0.717) is 57.0 Å². The fraction of sp³-hybridized carbons (Fsp3) is 0.150. The molecule has 0 aliphatic rings.